The molecule has 0 aromatic heterocycles. The molecular formula is C18H16Cl2N2O3. The first-order chi connectivity index (χ1) is 12.0. The van der Waals surface area contributed by atoms with Gasteiger partial charge in [0.15, 0.2) is 0 Å². The second-order valence-electron chi connectivity index (χ2n) is 6.76. The molecule has 2 bridgehead atoms. The van der Waals surface area contributed by atoms with Crippen LogP contribution in [0, 0.1) is 23.7 Å². The molecule has 25 heavy (non-hydrogen) atoms. The van der Waals surface area contributed by atoms with Gasteiger partial charge in [-0.05, 0) is 36.5 Å². The maximum atomic E-state index is 12.5. The van der Waals surface area contributed by atoms with E-state index >= 15 is 0 Å². The molecule has 1 saturated heterocycles. The zero-order chi connectivity index (χ0) is 17.7. The predicted octanol–water partition coefficient (Wildman–Crippen LogP) is 3.13. The van der Waals surface area contributed by atoms with Gasteiger partial charge >= 0.3 is 0 Å². The number of likely N-dealkylation sites (tertiary alicyclic amines) is 1. The van der Waals surface area contributed by atoms with Gasteiger partial charge in [-0.3, -0.25) is 19.3 Å². The fourth-order valence-electron chi connectivity index (χ4n) is 4.20. The highest BCUT2D eigenvalue weighted by atomic mass is 35.5. The van der Waals surface area contributed by atoms with Crippen molar-refractivity contribution in [2.45, 2.75) is 12.8 Å². The Morgan fingerprint density at radius 3 is 2.32 bits per heavy atom. The zero-order valence-electron chi connectivity index (χ0n) is 13.2. The minimum absolute atomic E-state index is 0.0555. The van der Waals surface area contributed by atoms with E-state index in [1.54, 1.807) is 18.2 Å². The van der Waals surface area contributed by atoms with Crippen LogP contribution in [0.2, 0.25) is 10.0 Å². The molecule has 3 amide bonds. The molecule has 4 rings (SSSR count). The van der Waals surface area contributed by atoms with Crippen LogP contribution in [-0.2, 0) is 14.4 Å². The van der Waals surface area contributed by atoms with E-state index < -0.39 is 0 Å². The fraction of sp³-hybridized carbons (Fsp3) is 0.389. The van der Waals surface area contributed by atoms with Crippen LogP contribution in [0.25, 0.3) is 0 Å². The Kier molecular flexibility index (Phi) is 4.08. The summed E-state index contributed by atoms with van der Waals surface area (Å²) >= 11 is 11.8. The van der Waals surface area contributed by atoms with Crippen molar-refractivity contribution in [2.24, 2.45) is 23.7 Å². The summed E-state index contributed by atoms with van der Waals surface area (Å²) < 4.78 is 0. The molecule has 2 fully saturated rings. The molecule has 7 heteroatoms. The Morgan fingerprint density at radius 2 is 1.72 bits per heavy atom. The SMILES string of the molecule is O=C(CCN1C(=O)[C@@H]2[C@H](C1=O)[C@H]1C=C[C@@H]2C1)Nc1ccc(Cl)c(Cl)c1. The molecule has 1 N–H and O–H groups in total. The van der Waals surface area contributed by atoms with Gasteiger partial charge in [0.05, 0.1) is 21.9 Å². The number of allylic oxidation sites excluding steroid dienone is 2. The lowest BCUT2D eigenvalue weighted by molar-refractivity contribution is -0.140. The summed E-state index contributed by atoms with van der Waals surface area (Å²) in [5.41, 5.74) is 0.526. The van der Waals surface area contributed by atoms with E-state index in [1.165, 1.54) is 4.90 Å². The molecule has 1 aromatic carbocycles. The average Bonchev–Trinajstić information content (AvgIpc) is 3.24. The Bertz CT molecular complexity index is 778. The number of hydrogen-bond acceptors (Lipinski definition) is 3. The molecule has 5 nitrogen and oxygen atoms in total. The molecule has 1 aromatic rings. The molecule has 0 radical (unpaired) electrons. The first-order valence-electron chi connectivity index (χ1n) is 8.24. The van der Waals surface area contributed by atoms with Crippen molar-refractivity contribution in [1.29, 1.82) is 0 Å². The lowest BCUT2D eigenvalue weighted by Gasteiger charge is -2.17. The summed E-state index contributed by atoms with van der Waals surface area (Å²) in [5, 5.41) is 3.45. The third-order valence-electron chi connectivity index (χ3n) is 5.33. The second-order valence-corrected chi connectivity index (χ2v) is 7.57. The van der Waals surface area contributed by atoms with Gasteiger partial charge in [0.2, 0.25) is 17.7 Å². The van der Waals surface area contributed by atoms with Crippen molar-refractivity contribution in [2.75, 3.05) is 11.9 Å². The van der Waals surface area contributed by atoms with Crippen LogP contribution in [0.3, 0.4) is 0 Å². The van der Waals surface area contributed by atoms with Gasteiger partial charge in [-0.25, -0.2) is 0 Å². The number of imide groups is 1. The van der Waals surface area contributed by atoms with E-state index in [0.717, 1.165) is 6.42 Å². The zero-order valence-corrected chi connectivity index (χ0v) is 14.8. The number of carbonyl (C=O) groups is 3. The lowest BCUT2D eigenvalue weighted by atomic mass is 9.85. The van der Waals surface area contributed by atoms with E-state index in [0.29, 0.717) is 15.7 Å². The minimum Gasteiger partial charge on any atom is -0.326 e. The van der Waals surface area contributed by atoms with Gasteiger partial charge in [-0.15, -0.1) is 0 Å². The van der Waals surface area contributed by atoms with Gasteiger partial charge in [-0.1, -0.05) is 35.4 Å². The van der Waals surface area contributed by atoms with Crippen molar-refractivity contribution in [3.05, 3.63) is 40.4 Å². The fourth-order valence-corrected chi connectivity index (χ4v) is 4.49. The molecule has 1 heterocycles. The third-order valence-corrected chi connectivity index (χ3v) is 6.07. The summed E-state index contributed by atoms with van der Waals surface area (Å²) in [6.07, 6.45) is 5.06. The number of halogens is 2. The summed E-state index contributed by atoms with van der Waals surface area (Å²) in [6, 6.07) is 4.80. The largest absolute Gasteiger partial charge is 0.326 e. The summed E-state index contributed by atoms with van der Waals surface area (Å²) in [4.78, 5) is 38.5. The average molecular weight is 379 g/mol. The van der Waals surface area contributed by atoms with Crippen LogP contribution in [0.1, 0.15) is 12.8 Å². The van der Waals surface area contributed by atoms with Crippen LogP contribution < -0.4 is 5.32 Å². The highest BCUT2D eigenvalue weighted by Gasteiger charge is 2.58. The first kappa shape index (κ1) is 16.6. The number of benzene rings is 1. The molecular weight excluding hydrogens is 363 g/mol. The Morgan fingerprint density at radius 1 is 1.08 bits per heavy atom. The van der Waals surface area contributed by atoms with Gasteiger partial charge in [0.25, 0.3) is 0 Å². The number of nitrogens with one attached hydrogen (secondary N) is 1. The van der Waals surface area contributed by atoms with Gasteiger partial charge in [0, 0.05) is 18.7 Å². The molecule has 130 valence electrons. The summed E-state index contributed by atoms with van der Waals surface area (Å²) in [6.45, 7) is 0.108. The number of hydrogen-bond donors (Lipinski definition) is 1. The molecule has 4 atom stereocenters. The third kappa shape index (κ3) is 2.75. The van der Waals surface area contributed by atoms with Gasteiger partial charge < -0.3 is 5.32 Å². The standard InChI is InChI=1S/C18H16Cl2N2O3/c19-12-4-3-11(8-13(12)20)21-14(23)5-6-22-17(24)15-9-1-2-10(7-9)16(15)18(22)25/h1-4,8-10,15-16H,5-7H2,(H,21,23)/t9-,10+,15+,16-. The van der Waals surface area contributed by atoms with Crippen LogP contribution in [0.15, 0.2) is 30.4 Å². The van der Waals surface area contributed by atoms with Crippen molar-refractivity contribution in [1.82, 2.24) is 4.90 Å². The number of anilines is 1. The van der Waals surface area contributed by atoms with Gasteiger partial charge in [0.1, 0.15) is 0 Å². The number of rotatable bonds is 4. The smallest absolute Gasteiger partial charge is 0.233 e. The maximum Gasteiger partial charge on any atom is 0.233 e. The Hall–Kier alpha value is -1.85. The highest BCUT2D eigenvalue weighted by Crippen LogP contribution is 2.52. The van der Waals surface area contributed by atoms with Crippen molar-refractivity contribution in [3.8, 4) is 0 Å². The first-order valence-corrected chi connectivity index (χ1v) is 9.00. The maximum absolute atomic E-state index is 12.5. The summed E-state index contributed by atoms with van der Waals surface area (Å²) in [7, 11) is 0. The van der Waals surface area contributed by atoms with E-state index in [1.807, 2.05) is 0 Å². The molecule has 0 spiro atoms. The molecule has 1 aliphatic heterocycles. The lowest BCUT2D eigenvalue weighted by Crippen LogP contribution is -2.35. The molecule has 1 saturated carbocycles. The second kappa shape index (κ2) is 6.15. The van der Waals surface area contributed by atoms with E-state index in [2.05, 4.69) is 17.5 Å². The number of amides is 3. The van der Waals surface area contributed by atoms with Gasteiger partial charge in [-0.2, -0.15) is 0 Å². The van der Waals surface area contributed by atoms with Crippen LogP contribution in [0.4, 0.5) is 5.69 Å². The van der Waals surface area contributed by atoms with Crippen molar-refractivity contribution < 1.29 is 14.4 Å². The minimum atomic E-state index is -0.280. The van der Waals surface area contributed by atoms with E-state index in [4.69, 9.17) is 23.2 Å². The molecule has 3 aliphatic rings. The monoisotopic (exact) mass is 378 g/mol. The molecule has 0 unspecified atom stereocenters. The topological polar surface area (TPSA) is 66.5 Å². The number of nitrogens with zero attached hydrogens (tertiary/aromatic N) is 1. The highest BCUT2D eigenvalue weighted by molar-refractivity contribution is 6.42. The van der Waals surface area contributed by atoms with Crippen LogP contribution in [0.5, 0.6) is 0 Å². The normalized spacial score (nSPS) is 29.4. The molecule has 2 aliphatic carbocycles. The predicted molar refractivity (Wildman–Crippen MR) is 94.1 cm³/mol. The van der Waals surface area contributed by atoms with Crippen molar-refractivity contribution in [3.63, 3.8) is 0 Å². The number of fused-ring (bicyclic) bond motifs is 5. The quantitative estimate of drug-likeness (QED) is 0.646. The van der Waals surface area contributed by atoms with E-state index in [9.17, 15) is 14.4 Å². The van der Waals surface area contributed by atoms with E-state index in [-0.39, 0.29) is 54.4 Å². The Labute approximate surface area is 155 Å². The Balaban J connectivity index is 1.37. The number of carbonyl (C=O) groups excluding carboxylic acids is 3. The van der Waals surface area contributed by atoms with Crippen molar-refractivity contribution >= 4 is 46.6 Å². The summed E-state index contributed by atoms with van der Waals surface area (Å²) in [5.74, 6) is -0.621. The van der Waals surface area contributed by atoms with Crippen LogP contribution >= 0.6 is 23.2 Å². The van der Waals surface area contributed by atoms with Crippen LogP contribution in [-0.4, -0.2) is 29.2 Å².